The lowest BCUT2D eigenvalue weighted by Crippen LogP contribution is -2.31. The summed E-state index contributed by atoms with van der Waals surface area (Å²) >= 11 is 5.99. The topological polar surface area (TPSA) is 102 Å². The summed E-state index contributed by atoms with van der Waals surface area (Å²) in [6.45, 7) is 5.60. The Bertz CT molecular complexity index is 1020. The van der Waals surface area contributed by atoms with Crippen molar-refractivity contribution in [3.63, 3.8) is 0 Å². The number of ether oxygens (including phenoxy) is 2. The molecule has 0 radical (unpaired) electrons. The molecule has 8 nitrogen and oxygen atoms in total. The molecule has 0 atom stereocenters. The van der Waals surface area contributed by atoms with E-state index in [9.17, 15) is 18.0 Å². The third-order valence-corrected chi connectivity index (χ3v) is 6.57. The standard InChI is InChI=1S/C21H25ClN2O6S/c1-4-24(5-2)31(27,28)19-13-16(22)9-12-18(19)30-14-20(25)23-17-10-7-15(8-11-17)21(26)29-6-3/h7-13H,4-6,14H2,1-3H3,(H,23,25). The molecular weight excluding hydrogens is 444 g/mol. The number of amides is 1. The molecule has 168 valence electrons. The molecule has 0 saturated heterocycles. The fourth-order valence-electron chi connectivity index (χ4n) is 2.75. The maximum absolute atomic E-state index is 12.9. The Morgan fingerprint density at radius 3 is 2.26 bits per heavy atom. The Morgan fingerprint density at radius 2 is 1.68 bits per heavy atom. The van der Waals surface area contributed by atoms with Crippen LogP contribution < -0.4 is 10.1 Å². The highest BCUT2D eigenvalue weighted by molar-refractivity contribution is 7.89. The summed E-state index contributed by atoms with van der Waals surface area (Å²) in [5.41, 5.74) is 0.817. The number of nitrogens with zero attached hydrogens (tertiary/aromatic N) is 1. The molecule has 0 saturated carbocycles. The number of esters is 1. The minimum absolute atomic E-state index is 0.0316. The molecule has 0 aliphatic rings. The first-order valence-corrected chi connectivity index (χ1v) is 11.5. The van der Waals surface area contributed by atoms with Gasteiger partial charge >= 0.3 is 5.97 Å². The molecule has 2 aromatic carbocycles. The quantitative estimate of drug-likeness (QED) is 0.535. The Kier molecular flexibility index (Phi) is 8.85. The van der Waals surface area contributed by atoms with Crippen LogP contribution in [0.1, 0.15) is 31.1 Å². The van der Waals surface area contributed by atoms with Gasteiger partial charge < -0.3 is 14.8 Å². The normalized spacial score (nSPS) is 11.3. The largest absolute Gasteiger partial charge is 0.482 e. The number of anilines is 1. The van der Waals surface area contributed by atoms with Crippen LogP contribution in [0.5, 0.6) is 5.75 Å². The highest BCUT2D eigenvalue weighted by Gasteiger charge is 2.26. The number of sulfonamides is 1. The smallest absolute Gasteiger partial charge is 0.338 e. The molecule has 0 aliphatic carbocycles. The van der Waals surface area contributed by atoms with Crippen molar-refractivity contribution in [2.75, 3.05) is 31.6 Å². The summed E-state index contributed by atoms with van der Waals surface area (Å²) in [7, 11) is -3.83. The molecule has 10 heteroatoms. The van der Waals surface area contributed by atoms with Gasteiger partial charge in [-0.3, -0.25) is 4.79 Å². The van der Waals surface area contributed by atoms with Gasteiger partial charge in [0, 0.05) is 23.8 Å². The van der Waals surface area contributed by atoms with Crippen molar-refractivity contribution in [2.45, 2.75) is 25.7 Å². The van der Waals surface area contributed by atoms with Crippen LogP contribution in [0.3, 0.4) is 0 Å². The van der Waals surface area contributed by atoms with Crippen molar-refractivity contribution in [3.8, 4) is 5.75 Å². The van der Waals surface area contributed by atoms with Gasteiger partial charge in [-0.1, -0.05) is 25.4 Å². The first-order valence-electron chi connectivity index (χ1n) is 9.72. The van der Waals surface area contributed by atoms with Crippen LogP contribution in [0.4, 0.5) is 5.69 Å². The van der Waals surface area contributed by atoms with Gasteiger partial charge in [0.15, 0.2) is 6.61 Å². The number of benzene rings is 2. The first-order chi connectivity index (χ1) is 14.7. The molecule has 1 amide bonds. The van der Waals surface area contributed by atoms with E-state index in [4.69, 9.17) is 21.1 Å². The van der Waals surface area contributed by atoms with Crippen LogP contribution >= 0.6 is 11.6 Å². The van der Waals surface area contributed by atoms with Gasteiger partial charge in [0.2, 0.25) is 10.0 Å². The zero-order chi connectivity index (χ0) is 23.0. The van der Waals surface area contributed by atoms with Gasteiger partial charge in [-0.25, -0.2) is 13.2 Å². The minimum atomic E-state index is -3.83. The summed E-state index contributed by atoms with van der Waals surface area (Å²) in [4.78, 5) is 23.8. The van der Waals surface area contributed by atoms with Crippen LogP contribution in [-0.2, 0) is 19.6 Å². The fourth-order valence-corrected chi connectivity index (χ4v) is 4.60. The van der Waals surface area contributed by atoms with E-state index in [0.29, 0.717) is 11.3 Å². The summed E-state index contributed by atoms with van der Waals surface area (Å²) < 4.78 is 37.4. The van der Waals surface area contributed by atoms with Crippen molar-refractivity contribution < 1.29 is 27.5 Å². The number of rotatable bonds is 10. The van der Waals surface area contributed by atoms with Crippen molar-refractivity contribution in [3.05, 3.63) is 53.1 Å². The Hall–Kier alpha value is -2.62. The Labute approximate surface area is 187 Å². The molecule has 0 spiro atoms. The summed E-state index contributed by atoms with van der Waals surface area (Å²) in [6.07, 6.45) is 0. The average Bonchev–Trinajstić information content (AvgIpc) is 2.74. The van der Waals surface area contributed by atoms with Crippen LogP contribution in [0.25, 0.3) is 0 Å². The second-order valence-electron chi connectivity index (χ2n) is 6.32. The monoisotopic (exact) mass is 468 g/mol. The maximum Gasteiger partial charge on any atom is 0.338 e. The van der Waals surface area contributed by atoms with Gasteiger partial charge in [-0.15, -0.1) is 0 Å². The zero-order valence-corrected chi connectivity index (χ0v) is 19.1. The lowest BCUT2D eigenvalue weighted by atomic mass is 10.2. The SMILES string of the molecule is CCOC(=O)c1ccc(NC(=O)COc2ccc(Cl)cc2S(=O)(=O)N(CC)CC)cc1. The summed E-state index contributed by atoms with van der Waals surface area (Å²) in [5.74, 6) is -0.914. The number of carbonyl (C=O) groups is 2. The predicted molar refractivity (Wildman–Crippen MR) is 118 cm³/mol. The Balaban J connectivity index is 2.09. The van der Waals surface area contributed by atoms with Crippen LogP contribution in [0, 0.1) is 0 Å². The van der Waals surface area contributed by atoms with E-state index in [-0.39, 0.29) is 35.4 Å². The number of carbonyl (C=O) groups excluding carboxylic acids is 2. The van der Waals surface area contributed by atoms with E-state index >= 15 is 0 Å². The molecule has 1 N–H and O–H groups in total. The van der Waals surface area contributed by atoms with E-state index in [0.717, 1.165) is 0 Å². The molecule has 31 heavy (non-hydrogen) atoms. The second-order valence-corrected chi connectivity index (χ2v) is 8.66. The highest BCUT2D eigenvalue weighted by Crippen LogP contribution is 2.30. The zero-order valence-electron chi connectivity index (χ0n) is 17.6. The average molecular weight is 469 g/mol. The lowest BCUT2D eigenvalue weighted by Gasteiger charge is -2.20. The van der Waals surface area contributed by atoms with Crippen molar-refractivity contribution in [2.24, 2.45) is 0 Å². The van der Waals surface area contributed by atoms with E-state index in [1.165, 1.54) is 34.6 Å². The van der Waals surface area contributed by atoms with Gasteiger partial charge in [-0.2, -0.15) is 4.31 Å². The third kappa shape index (κ3) is 6.43. The van der Waals surface area contributed by atoms with E-state index < -0.39 is 28.5 Å². The molecule has 0 aliphatic heterocycles. The molecular formula is C21H25ClN2O6S. The predicted octanol–water partition coefficient (Wildman–Crippen LogP) is 3.56. The van der Waals surface area contributed by atoms with Gasteiger partial charge in [0.25, 0.3) is 5.91 Å². The lowest BCUT2D eigenvalue weighted by molar-refractivity contribution is -0.118. The van der Waals surface area contributed by atoms with E-state index in [1.807, 2.05) is 0 Å². The van der Waals surface area contributed by atoms with Gasteiger partial charge in [-0.05, 0) is 49.4 Å². The molecule has 0 fully saturated rings. The van der Waals surface area contributed by atoms with Gasteiger partial charge in [0.05, 0.1) is 12.2 Å². The molecule has 0 aromatic heterocycles. The molecule has 0 unspecified atom stereocenters. The number of nitrogens with one attached hydrogen (secondary N) is 1. The second kappa shape index (κ2) is 11.1. The van der Waals surface area contributed by atoms with E-state index in [2.05, 4.69) is 5.32 Å². The highest BCUT2D eigenvalue weighted by atomic mass is 35.5. The number of halogens is 1. The van der Waals surface area contributed by atoms with Gasteiger partial charge in [0.1, 0.15) is 10.6 Å². The third-order valence-electron chi connectivity index (χ3n) is 4.27. The summed E-state index contributed by atoms with van der Waals surface area (Å²) in [6, 6.07) is 10.4. The first kappa shape index (κ1) is 24.6. The molecule has 0 heterocycles. The number of hydrogen-bond donors (Lipinski definition) is 1. The van der Waals surface area contributed by atoms with Crippen molar-refractivity contribution in [1.29, 1.82) is 0 Å². The molecule has 2 rings (SSSR count). The van der Waals surface area contributed by atoms with E-state index in [1.54, 1.807) is 32.9 Å². The Morgan fingerprint density at radius 1 is 1.03 bits per heavy atom. The van der Waals surface area contributed by atoms with Crippen LogP contribution in [0.2, 0.25) is 5.02 Å². The van der Waals surface area contributed by atoms with Crippen molar-refractivity contribution >= 4 is 39.2 Å². The molecule has 2 aromatic rings. The van der Waals surface area contributed by atoms with Crippen molar-refractivity contribution in [1.82, 2.24) is 4.31 Å². The molecule has 0 bridgehead atoms. The number of hydrogen-bond acceptors (Lipinski definition) is 6. The summed E-state index contributed by atoms with van der Waals surface area (Å²) in [5, 5.41) is 2.86. The maximum atomic E-state index is 12.9. The van der Waals surface area contributed by atoms with Crippen LogP contribution in [-0.4, -0.2) is 50.9 Å². The minimum Gasteiger partial charge on any atom is -0.482 e. The van der Waals surface area contributed by atoms with Crippen LogP contribution in [0.15, 0.2) is 47.4 Å². The fraction of sp³-hybridized carbons (Fsp3) is 0.333.